The van der Waals surface area contributed by atoms with Crippen molar-refractivity contribution in [1.82, 2.24) is 4.31 Å². The number of nitrogens with two attached hydrogens (primary N) is 1. The van der Waals surface area contributed by atoms with Crippen LogP contribution in [0.2, 0.25) is 0 Å². The minimum absolute atomic E-state index is 0.00399. The minimum atomic E-state index is -3.61. The molecule has 1 atom stereocenters. The van der Waals surface area contributed by atoms with E-state index in [4.69, 9.17) is 11.1 Å². The molecule has 3 N–H and O–H groups in total. The molecule has 7 heteroatoms. The van der Waals surface area contributed by atoms with Crippen LogP contribution in [0.4, 0.5) is 5.69 Å². The van der Waals surface area contributed by atoms with Crippen LogP contribution < -0.4 is 10.0 Å². The van der Waals surface area contributed by atoms with Gasteiger partial charge in [-0.05, 0) is 31.9 Å². The number of rotatable bonds is 4. The smallest absolute Gasteiger partial charge is 0.304 e. The zero-order valence-electron chi connectivity index (χ0n) is 12.4. The normalized spacial score (nSPS) is 20.2. The number of para-hydroxylation sites is 1. The van der Waals surface area contributed by atoms with E-state index in [1.54, 1.807) is 24.3 Å². The van der Waals surface area contributed by atoms with Crippen molar-refractivity contribution in [2.45, 2.75) is 32.2 Å². The molecule has 1 heterocycles. The van der Waals surface area contributed by atoms with Crippen LogP contribution in [0.15, 0.2) is 24.3 Å². The highest BCUT2D eigenvalue weighted by molar-refractivity contribution is 7.90. The van der Waals surface area contributed by atoms with Crippen LogP contribution >= 0.6 is 0 Å². The van der Waals surface area contributed by atoms with E-state index in [2.05, 4.69) is 0 Å². The highest BCUT2D eigenvalue weighted by atomic mass is 32.2. The highest BCUT2D eigenvalue weighted by Gasteiger charge is 2.33. The van der Waals surface area contributed by atoms with E-state index in [9.17, 15) is 8.42 Å². The monoisotopic (exact) mass is 310 g/mol. The fourth-order valence-corrected chi connectivity index (χ4v) is 4.31. The molecule has 1 aliphatic heterocycles. The molecule has 0 bridgehead atoms. The predicted molar refractivity (Wildman–Crippen MR) is 84.8 cm³/mol. The van der Waals surface area contributed by atoms with Crippen LogP contribution in [-0.2, 0) is 10.2 Å². The molecule has 6 nitrogen and oxygen atoms in total. The van der Waals surface area contributed by atoms with Gasteiger partial charge in [-0.3, -0.25) is 9.71 Å². The minimum Gasteiger partial charge on any atom is -0.384 e. The van der Waals surface area contributed by atoms with Crippen LogP contribution in [-0.4, -0.2) is 38.2 Å². The quantitative estimate of drug-likeness (QED) is 0.652. The Morgan fingerprint density at radius 2 is 2.05 bits per heavy atom. The van der Waals surface area contributed by atoms with Crippen LogP contribution in [0.1, 0.15) is 31.7 Å². The highest BCUT2D eigenvalue weighted by Crippen LogP contribution is 2.27. The van der Waals surface area contributed by atoms with Gasteiger partial charge in [0.15, 0.2) is 0 Å². The fraction of sp³-hybridized carbons (Fsp3) is 0.500. The third-order valence-electron chi connectivity index (χ3n) is 3.92. The molecular formula is C14H22N4O2S. The average Bonchev–Trinajstić information content (AvgIpc) is 2.46. The van der Waals surface area contributed by atoms with Crippen LogP contribution in [0.5, 0.6) is 0 Å². The maximum absolute atomic E-state index is 12.8. The van der Waals surface area contributed by atoms with Crippen molar-refractivity contribution in [3.8, 4) is 0 Å². The Kier molecular flexibility index (Phi) is 4.53. The number of piperidine rings is 1. The largest absolute Gasteiger partial charge is 0.384 e. The van der Waals surface area contributed by atoms with Gasteiger partial charge in [0, 0.05) is 25.2 Å². The van der Waals surface area contributed by atoms with Gasteiger partial charge in [0.05, 0.1) is 5.69 Å². The van der Waals surface area contributed by atoms with E-state index < -0.39 is 10.2 Å². The molecule has 0 radical (unpaired) electrons. The Balaban J connectivity index is 2.39. The van der Waals surface area contributed by atoms with E-state index in [1.807, 2.05) is 6.92 Å². The van der Waals surface area contributed by atoms with Gasteiger partial charge >= 0.3 is 10.2 Å². The molecule has 0 amide bonds. The summed E-state index contributed by atoms with van der Waals surface area (Å²) in [5.74, 6) is -0.139. The van der Waals surface area contributed by atoms with Gasteiger partial charge in [-0.1, -0.05) is 18.6 Å². The lowest BCUT2D eigenvalue weighted by Gasteiger charge is -2.36. The van der Waals surface area contributed by atoms with Crippen molar-refractivity contribution in [2.75, 3.05) is 17.9 Å². The molecule has 0 spiro atoms. The zero-order chi connectivity index (χ0) is 15.6. The zero-order valence-corrected chi connectivity index (χ0v) is 13.2. The van der Waals surface area contributed by atoms with E-state index in [0.717, 1.165) is 19.3 Å². The SMILES string of the molecule is CC1CCCCN1S(=O)(=O)N(C)c1ccccc1C(=N)N. The van der Waals surface area contributed by atoms with Crippen molar-refractivity contribution in [3.63, 3.8) is 0 Å². The summed E-state index contributed by atoms with van der Waals surface area (Å²) in [6, 6.07) is 6.81. The van der Waals surface area contributed by atoms with Crippen LogP contribution in [0.25, 0.3) is 0 Å². The molecular weight excluding hydrogens is 288 g/mol. The molecule has 1 fully saturated rings. The van der Waals surface area contributed by atoms with Gasteiger partial charge in [-0.2, -0.15) is 12.7 Å². The maximum atomic E-state index is 12.8. The summed E-state index contributed by atoms with van der Waals surface area (Å²) in [4.78, 5) is 0. The Morgan fingerprint density at radius 3 is 2.67 bits per heavy atom. The van der Waals surface area contributed by atoms with Crippen molar-refractivity contribution in [2.24, 2.45) is 5.73 Å². The van der Waals surface area contributed by atoms with E-state index in [-0.39, 0.29) is 11.9 Å². The first-order valence-corrected chi connectivity index (χ1v) is 8.44. The molecule has 1 aromatic rings. The molecule has 2 rings (SSSR count). The van der Waals surface area contributed by atoms with Gasteiger partial charge in [0.25, 0.3) is 0 Å². The van der Waals surface area contributed by atoms with Crippen molar-refractivity contribution in [1.29, 1.82) is 5.41 Å². The van der Waals surface area contributed by atoms with Gasteiger partial charge in [0.1, 0.15) is 5.84 Å². The molecule has 116 valence electrons. The molecule has 1 unspecified atom stereocenters. The lowest BCUT2D eigenvalue weighted by atomic mass is 10.1. The second-order valence-electron chi connectivity index (χ2n) is 5.36. The Bertz CT molecular complexity index is 630. The summed E-state index contributed by atoms with van der Waals surface area (Å²) in [6.07, 6.45) is 2.81. The molecule has 1 aliphatic rings. The first-order chi connectivity index (χ1) is 9.85. The Hall–Kier alpha value is -1.60. The van der Waals surface area contributed by atoms with Gasteiger partial charge in [-0.15, -0.1) is 0 Å². The van der Waals surface area contributed by atoms with Crippen LogP contribution in [0.3, 0.4) is 0 Å². The average molecular weight is 310 g/mol. The van der Waals surface area contributed by atoms with Gasteiger partial charge in [0.2, 0.25) is 0 Å². The number of amidine groups is 1. The van der Waals surface area contributed by atoms with E-state index >= 15 is 0 Å². The topological polar surface area (TPSA) is 90.5 Å². The van der Waals surface area contributed by atoms with E-state index in [1.165, 1.54) is 15.7 Å². The molecule has 0 aromatic heterocycles. The van der Waals surface area contributed by atoms with Crippen LogP contribution in [0, 0.1) is 5.41 Å². The molecule has 21 heavy (non-hydrogen) atoms. The molecule has 0 saturated carbocycles. The number of hydrogen-bond acceptors (Lipinski definition) is 3. The standard InChI is InChI=1S/C14H22N4O2S/c1-11-7-5-6-10-18(11)21(19,20)17(2)13-9-4-3-8-12(13)14(15)16/h3-4,8-9,11H,5-7,10H2,1-2H3,(H3,15,16). The molecule has 0 aliphatic carbocycles. The lowest BCUT2D eigenvalue weighted by Crippen LogP contribution is -2.49. The third-order valence-corrected chi connectivity index (χ3v) is 5.94. The van der Waals surface area contributed by atoms with Gasteiger partial charge < -0.3 is 5.73 Å². The summed E-state index contributed by atoms with van der Waals surface area (Å²) in [7, 11) is -2.09. The summed E-state index contributed by atoms with van der Waals surface area (Å²) in [5.41, 5.74) is 6.41. The summed E-state index contributed by atoms with van der Waals surface area (Å²) < 4.78 is 28.4. The molecule has 1 aromatic carbocycles. The Morgan fingerprint density at radius 1 is 1.38 bits per heavy atom. The predicted octanol–water partition coefficient (Wildman–Crippen LogP) is 1.53. The number of anilines is 1. The maximum Gasteiger partial charge on any atom is 0.304 e. The Labute approximate surface area is 126 Å². The first kappa shape index (κ1) is 15.8. The number of benzene rings is 1. The third kappa shape index (κ3) is 3.03. The second-order valence-corrected chi connectivity index (χ2v) is 7.27. The number of nitrogens with zero attached hydrogens (tertiary/aromatic N) is 2. The number of nitrogens with one attached hydrogen (secondary N) is 1. The summed E-state index contributed by atoms with van der Waals surface area (Å²) in [6.45, 7) is 2.47. The van der Waals surface area contributed by atoms with Gasteiger partial charge in [-0.25, -0.2) is 0 Å². The number of hydrogen-bond donors (Lipinski definition) is 2. The van der Waals surface area contributed by atoms with Crippen molar-refractivity contribution in [3.05, 3.63) is 29.8 Å². The first-order valence-electron chi connectivity index (χ1n) is 7.05. The summed E-state index contributed by atoms with van der Waals surface area (Å²) in [5, 5.41) is 7.60. The fourth-order valence-electron chi connectivity index (χ4n) is 2.67. The van der Waals surface area contributed by atoms with E-state index in [0.29, 0.717) is 17.8 Å². The second kappa shape index (κ2) is 6.03. The summed E-state index contributed by atoms with van der Waals surface area (Å²) >= 11 is 0. The molecule has 1 saturated heterocycles. The van der Waals surface area contributed by atoms with Crippen molar-refractivity contribution >= 4 is 21.7 Å². The van der Waals surface area contributed by atoms with Crippen molar-refractivity contribution < 1.29 is 8.42 Å². The number of nitrogen functional groups attached to an aromatic ring is 1. The lowest BCUT2D eigenvalue weighted by molar-refractivity contribution is 0.268.